The van der Waals surface area contributed by atoms with Crippen molar-refractivity contribution >= 4 is 11.9 Å². The van der Waals surface area contributed by atoms with Gasteiger partial charge in [0.15, 0.2) is 5.79 Å². The van der Waals surface area contributed by atoms with Gasteiger partial charge in [-0.25, -0.2) is 9.97 Å². The van der Waals surface area contributed by atoms with Crippen LogP contribution < -0.4 is 10.2 Å². The third-order valence-corrected chi connectivity index (χ3v) is 5.21. The zero-order valence-electron chi connectivity index (χ0n) is 13.9. The first-order chi connectivity index (χ1) is 11.7. The van der Waals surface area contributed by atoms with E-state index in [0.29, 0.717) is 30.8 Å². The molecule has 3 fully saturated rings. The second-order valence-corrected chi connectivity index (χ2v) is 6.82. The highest BCUT2D eigenvalue weighted by Crippen LogP contribution is 2.32. The monoisotopic (exact) mass is 332 g/mol. The van der Waals surface area contributed by atoms with Gasteiger partial charge in [0.05, 0.1) is 18.8 Å². The number of piperidine rings is 1. The van der Waals surface area contributed by atoms with E-state index in [0.717, 1.165) is 38.8 Å². The van der Waals surface area contributed by atoms with Crippen molar-refractivity contribution < 1.29 is 14.3 Å². The Bertz CT molecular complexity index is 570. The highest BCUT2D eigenvalue weighted by Gasteiger charge is 2.40. The summed E-state index contributed by atoms with van der Waals surface area (Å²) in [6.07, 6.45) is 9.43. The Labute approximate surface area is 141 Å². The Morgan fingerprint density at radius 3 is 2.38 bits per heavy atom. The lowest BCUT2D eigenvalue weighted by molar-refractivity contribution is -0.169. The molecule has 4 rings (SSSR count). The fraction of sp³-hybridized carbons (Fsp3) is 0.706. The second kappa shape index (κ2) is 6.64. The highest BCUT2D eigenvalue weighted by molar-refractivity contribution is 5.93. The van der Waals surface area contributed by atoms with Crippen molar-refractivity contribution in [3.63, 3.8) is 0 Å². The zero-order valence-corrected chi connectivity index (χ0v) is 13.9. The Hall–Kier alpha value is -1.73. The number of nitrogens with zero attached hydrogens (tertiary/aromatic N) is 3. The third-order valence-electron chi connectivity index (χ3n) is 5.21. The summed E-state index contributed by atoms with van der Waals surface area (Å²) in [4.78, 5) is 23.1. The molecule has 1 amide bonds. The van der Waals surface area contributed by atoms with Crippen LogP contribution in [-0.4, -0.2) is 54.0 Å². The number of ether oxygens (including phenoxy) is 2. The molecule has 1 saturated carbocycles. The number of anilines is 1. The van der Waals surface area contributed by atoms with Crippen molar-refractivity contribution in [1.82, 2.24) is 15.3 Å². The summed E-state index contributed by atoms with van der Waals surface area (Å²) in [6.45, 7) is 2.96. The summed E-state index contributed by atoms with van der Waals surface area (Å²) in [5.74, 6) is 0.205. The largest absolute Gasteiger partial charge is 0.349 e. The van der Waals surface area contributed by atoms with Crippen LogP contribution in [0.2, 0.25) is 0 Å². The van der Waals surface area contributed by atoms with Crippen LogP contribution in [-0.2, 0) is 9.47 Å². The van der Waals surface area contributed by atoms with Gasteiger partial charge in [0.1, 0.15) is 0 Å². The molecule has 0 aromatic carbocycles. The minimum atomic E-state index is -0.391. The fourth-order valence-corrected chi connectivity index (χ4v) is 3.77. The van der Waals surface area contributed by atoms with Crippen LogP contribution in [0.5, 0.6) is 0 Å². The first-order valence-electron chi connectivity index (χ1n) is 8.90. The van der Waals surface area contributed by atoms with Gasteiger partial charge in [-0.1, -0.05) is 12.8 Å². The number of carbonyl (C=O) groups excluding carboxylic acids is 1. The van der Waals surface area contributed by atoms with Gasteiger partial charge in [-0.05, 0) is 12.8 Å². The maximum atomic E-state index is 12.2. The van der Waals surface area contributed by atoms with E-state index in [9.17, 15) is 4.79 Å². The summed E-state index contributed by atoms with van der Waals surface area (Å²) in [5.41, 5.74) is 0.529. The molecular formula is C17H24N4O3. The zero-order chi connectivity index (χ0) is 16.4. The molecule has 0 bridgehead atoms. The minimum Gasteiger partial charge on any atom is -0.349 e. The Kier molecular flexibility index (Phi) is 4.37. The molecule has 24 heavy (non-hydrogen) atoms. The van der Waals surface area contributed by atoms with Crippen LogP contribution in [0, 0.1) is 0 Å². The fourth-order valence-electron chi connectivity index (χ4n) is 3.77. The van der Waals surface area contributed by atoms with Gasteiger partial charge in [-0.2, -0.15) is 0 Å². The summed E-state index contributed by atoms with van der Waals surface area (Å²) >= 11 is 0. The van der Waals surface area contributed by atoms with E-state index < -0.39 is 5.79 Å². The number of rotatable bonds is 3. The molecule has 130 valence electrons. The number of aromatic nitrogens is 2. The van der Waals surface area contributed by atoms with Gasteiger partial charge in [-0.15, -0.1) is 0 Å². The van der Waals surface area contributed by atoms with E-state index in [-0.39, 0.29) is 5.91 Å². The van der Waals surface area contributed by atoms with E-state index in [1.165, 1.54) is 12.8 Å². The van der Waals surface area contributed by atoms with Crippen LogP contribution in [0.1, 0.15) is 48.9 Å². The predicted octanol–water partition coefficient (Wildman–Crippen LogP) is 1.49. The minimum absolute atomic E-state index is 0.0706. The SMILES string of the molecule is O=C(NC1CCCC1)c1cnc(N2CCC3(CC2)OCCO3)nc1. The maximum Gasteiger partial charge on any atom is 0.254 e. The van der Waals surface area contributed by atoms with Gasteiger partial charge in [0.2, 0.25) is 5.95 Å². The summed E-state index contributed by atoms with van der Waals surface area (Å²) in [5, 5.41) is 3.06. The molecule has 0 radical (unpaired) electrons. The van der Waals surface area contributed by atoms with Gasteiger partial charge in [0.25, 0.3) is 5.91 Å². The van der Waals surface area contributed by atoms with Crippen molar-refractivity contribution in [2.45, 2.75) is 50.4 Å². The summed E-state index contributed by atoms with van der Waals surface area (Å²) < 4.78 is 11.5. The van der Waals surface area contributed by atoms with Gasteiger partial charge >= 0.3 is 0 Å². The average molecular weight is 332 g/mol. The molecule has 7 nitrogen and oxygen atoms in total. The van der Waals surface area contributed by atoms with Gasteiger partial charge in [0, 0.05) is 44.4 Å². The highest BCUT2D eigenvalue weighted by atomic mass is 16.7. The molecule has 7 heteroatoms. The lowest BCUT2D eigenvalue weighted by Crippen LogP contribution is -2.45. The molecular weight excluding hydrogens is 308 g/mol. The predicted molar refractivity (Wildman–Crippen MR) is 87.8 cm³/mol. The standard InChI is InChI=1S/C17H24N4O3/c22-15(20-14-3-1-2-4-14)13-11-18-16(19-12-13)21-7-5-17(6-8-21)23-9-10-24-17/h11-12,14H,1-10H2,(H,20,22). The van der Waals surface area contributed by atoms with Crippen LogP contribution in [0.3, 0.4) is 0 Å². The summed E-state index contributed by atoms with van der Waals surface area (Å²) in [6, 6.07) is 0.307. The van der Waals surface area contributed by atoms with Gasteiger partial charge in [-0.3, -0.25) is 4.79 Å². The van der Waals surface area contributed by atoms with Crippen LogP contribution in [0.4, 0.5) is 5.95 Å². The molecule has 1 aliphatic carbocycles. The molecule has 3 heterocycles. The second-order valence-electron chi connectivity index (χ2n) is 6.82. The normalized spacial score (nSPS) is 23.8. The van der Waals surface area contributed by atoms with E-state index in [2.05, 4.69) is 20.2 Å². The molecule has 2 saturated heterocycles. The van der Waals surface area contributed by atoms with Crippen LogP contribution in [0.15, 0.2) is 12.4 Å². The Balaban J connectivity index is 1.34. The van der Waals surface area contributed by atoms with Crippen molar-refractivity contribution in [3.05, 3.63) is 18.0 Å². The third kappa shape index (κ3) is 3.23. The quantitative estimate of drug-likeness (QED) is 0.904. The van der Waals surface area contributed by atoms with Crippen molar-refractivity contribution in [1.29, 1.82) is 0 Å². The van der Waals surface area contributed by atoms with Crippen molar-refractivity contribution in [2.24, 2.45) is 0 Å². The van der Waals surface area contributed by atoms with Crippen molar-refractivity contribution in [2.75, 3.05) is 31.2 Å². The van der Waals surface area contributed by atoms with Crippen LogP contribution >= 0.6 is 0 Å². The molecule has 0 atom stereocenters. The molecule has 0 unspecified atom stereocenters. The van der Waals surface area contributed by atoms with Crippen molar-refractivity contribution in [3.8, 4) is 0 Å². The lowest BCUT2D eigenvalue weighted by Gasteiger charge is -2.37. The number of hydrogen-bond acceptors (Lipinski definition) is 6. The topological polar surface area (TPSA) is 76.6 Å². The number of hydrogen-bond donors (Lipinski definition) is 1. The average Bonchev–Trinajstić information content (AvgIpc) is 3.28. The van der Waals surface area contributed by atoms with Gasteiger partial charge < -0.3 is 19.7 Å². The first-order valence-corrected chi connectivity index (χ1v) is 8.90. The molecule has 2 aliphatic heterocycles. The molecule has 1 aromatic rings. The number of amides is 1. The molecule has 1 spiro atoms. The van der Waals surface area contributed by atoms with Crippen LogP contribution in [0.25, 0.3) is 0 Å². The summed E-state index contributed by atoms with van der Waals surface area (Å²) in [7, 11) is 0. The molecule has 3 aliphatic rings. The van der Waals surface area contributed by atoms with E-state index in [4.69, 9.17) is 9.47 Å². The smallest absolute Gasteiger partial charge is 0.254 e. The Morgan fingerprint density at radius 2 is 1.75 bits per heavy atom. The maximum absolute atomic E-state index is 12.2. The van der Waals surface area contributed by atoms with E-state index in [1.807, 2.05) is 0 Å². The van der Waals surface area contributed by atoms with E-state index >= 15 is 0 Å². The molecule has 1 aromatic heterocycles. The lowest BCUT2D eigenvalue weighted by atomic mass is 10.0. The van der Waals surface area contributed by atoms with E-state index in [1.54, 1.807) is 12.4 Å². The number of nitrogens with one attached hydrogen (secondary N) is 1. The first kappa shape index (κ1) is 15.8. The number of carbonyl (C=O) groups is 1. The Morgan fingerprint density at radius 1 is 1.12 bits per heavy atom. The molecule has 1 N–H and O–H groups in total.